The number of carbonyl (C=O) groups excluding carboxylic acids is 4. The SMILES string of the molecule is O=C(/C=C/c1ccc(NC(=O)c2ccc3c(c2)C(=O)N(c2ccc(N=Nc4ccccc4)cc2)C3=O)cc1)c1ccccc1. The number of azo groups is 1. The molecule has 5 aromatic carbocycles. The molecule has 6 rings (SSSR count). The van der Waals surface area contributed by atoms with Crippen molar-refractivity contribution in [1.82, 2.24) is 0 Å². The van der Waals surface area contributed by atoms with Gasteiger partial charge in [-0.3, -0.25) is 19.2 Å². The van der Waals surface area contributed by atoms with Crippen LogP contribution in [0.3, 0.4) is 0 Å². The number of imide groups is 1. The summed E-state index contributed by atoms with van der Waals surface area (Å²) < 4.78 is 0. The molecule has 0 saturated carbocycles. The number of ketones is 1. The molecule has 3 amide bonds. The summed E-state index contributed by atoms with van der Waals surface area (Å²) in [6.45, 7) is 0. The number of benzene rings is 5. The van der Waals surface area contributed by atoms with Crippen molar-refractivity contribution in [3.05, 3.63) is 161 Å². The summed E-state index contributed by atoms with van der Waals surface area (Å²) >= 11 is 0. The van der Waals surface area contributed by atoms with E-state index in [0.717, 1.165) is 10.5 Å². The molecule has 0 unspecified atom stereocenters. The Morgan fingerprint density at radius 1 is 0.614 bits per heavy atom. The first kappa shape index (κ1) is 27.9. The number of fused-ring (bicyclic) bond motifs is 1. The predicted molar refractivity (Wildman–Crippen MR) is 169 cm³/mol. The van der Waals surface area contributed by atoms with Crippen molar-refractivity contribution in [2.24, 2.45) is 10.2 Å². The minimum Gasteiger partial charge on any atom is -0.322 e. The van der Waals surface area contributed by atoms with Gasteiger partial charge in [-0.2, -0.15) is 10.2 Å². The number of nitrogens with zero attached hydrogens (tertiary/aromatic N) is 3. The minimum absolute atomic E-state index is 0.103. The van der Waals surface area contributed by atoms with Crippen LogP contribution in [0.25, 0.3) is 6.08 Å². The first-order valence-corrected chi connectivity index (χ1v) is 13.7. The van der Waals surface area contributed by atoms with Crippen molar-refractivity contribution >= 4 is 52.3 Å². The van der Waals surface area contributed by atoms with E-state index in [9.17, 15) is 19.2 Å². The van der Waals surface area contributed by atoms with Gasteiger partial charge in [0, 0.05) is 16.8 Å². The van der Waals surface area contributed by atoms with Gasteiger partial charge in [0.2, 0.25) is 0 Å². The van der Waals surface area contributed by atoms with Crippen LogP contribution in [-0.2, 0) is 0 Å². The smallest absolute Gasteiger partial charge is 0.266 e. The minimum atomic E-state index is -0.514. The summed E-state index contributed by atoms with van der Waals surface area (Å²) in [5, 5.41) is 11.2. The Hall–Kier alpha value is -6.28. The maximum absolute atomic E-state index is 13.3. The topological polar surface area (TPSA) is 108 Å². The Bertz CT molecular complexity index is 1930. The lowest BCUT2D eigenvalue weighted by atomic mass is 10.1. The molecular weight excluding hydrogens is 552 g/mol. The normalized spacial score (nSPS) is 12.6. The van der Waals surface area contributed by atoms with Crippen LogP contribution < -0.4 is 10.2 Å². The van der Waals surface area contributed by atoms with Gasteiger partial charge in [-0.25, -0.2) is 4.90 Å². The molecule has 0 aromatic heterocycles. The zero-order valence-corrected chi connectivity index (χ0v) is 23.3. The number of hydrogen-bond acceptors (Lipinski definition) is 6. The maximum Gasteiger partial charge on any atom is 0.266 e. The molecule has 1 heterocycles. The molecular formula is C36H24N4O4. The van der Waals surface area contributed by atoms with Crippen LogP contribution >= 0.6 is 0 Å². The first-order chi connectivity index (χ1) is 21.5. The molecule has 0 fully saturated rings. The van der Waals surface area contributed by atoms with Crippen LogP contribution in [0.15, 0.2) is 144 Å². The molecule has 1 aliphatic rings. The van der Waals surface area contributed by atoms with Gasteiger partial charge in [-0.05, 0) is 78.4 Å². The van der Waals surface area contributed by atoms with Crippen LogP contribution in [0.4, 0.5) is 22.7 Å². The van der Waals surface area contributed by atoms with E-state index in [2.05, 4.69) is 15.5 Å². The van der Waals surface area contributed by atoms with Crippen molar-refractivity contribution in [2.45, 2.75) is 0 Å². The summed E-state index contributed by atoms with van der Waals surface area (Å²) in [6, 6.07) is 36.3. The van der Waals surface area contributed by atoms with Gasteiger partial charge in [-0.15, -0.1) is 0 Å². The van der Waals surface area contributed by atoms with Crippen LogP contribution in [0.1, 0.15) is 47.0 Å². The number of allylic oxidation sites excluding steroid dienone is 1. The standard InChI is InChI=1S/C36H24N4O4/c41-33(25-7-3-1-4-8-25)22-13-24-11-15-27(16-12-24)37-34(42)26-14-21-31-32(23-26)36(44)40(35(31)43)30-19-17-29(18-20-30)39-38-28-9-5-2-6-10-28/h1-23H,(H,37,42)/b22-13+,39-38?. The van der Waals surface area contributed by atoms with Gasteiger partial charge in [0.1, 0.15) is 0 Å². The number of anilines is 2. The zero-order valence-electron chi connectivity index (χ0n) is 23.3. The summed E-state index contributed by atoms with van der Waals surface area (Å²) in [5.74, 6) is -1.51. The fraction of sp³-hybridized carbons (Fsp3) is 0. The predicted octanol–water partition coefficient (Wildman–Crippen LogP) is 8.05. The van der Waals surface area contributed by atoms with Gasteiger partial charge in [0.05, 0.1) is 28.2 Å². The Kier molecular flexibility index (Phi) is 7.79. The van der Waals surface area contributed by atoms with Crippen LogP contribution in [0.2, 0.25) is 0 Å². The average Bonchev–Trinajstić information content (AvgIpc) is 3.32. The second-order valence-corrected chi connectivity index (χ2v) is 9.90. The molecule has 0 aliphatic carbocycles. The summed E-state index contributed by atoms with van der Waals surface area (Å²) in [4.78, 5) is 52.8. The van der Waals surface area contributed by atoms with E-state index < -0.39 is 17.7 Å². The summed E-state index contributed by atoms with van der Waals surface area (Å²) in [5.41, 5.74) is 4.21. The Balaban J connectivity index is 1.11. The van der Waals surface area contributed by atoms with Crippen LogP contribution in [0.5, 0.6) is 0 Å². The van der Waals surface area contributed by atoms with Crippen molar-refractivity contribution in [1.29, 1.82) is 0 Å². The summed E-state index contributed by atoms with van der Waals surface area (Å²) in [6.07, 6.45) is 3.21. The van der Waals surface area contributed by atoms with Gasteiger partial charge >= 0.3 is 0 Å². The molecule has 1 aliphatic heterocycles. The summed E-state index contributed by atoms with van der Waals surface area (Å²) in [7, 11) is 0. The Labute approximate surface area is 253 Å². The molecule has 0 atom stereocenters. The van der Waals surface area contributed by atoms with E-state index in [1.807, 2.05) is 48.5 Å². The van der Waals surface area contributed by atoms with E-state index in [4.69, 9.17) is 0 Å². The van der Waals surface area contributed by atoms with Gasteiger partial charge in [0.25, 0.3) is 17.7 Å². The number of rotatable bonds is 8. The average molecular weight is 577 g/mol. The molecule has 0 bridgehead atoms. The second-order valence-electron chi connectivity index (χ2n) is 9.90. The van der Waals surface area contributed by atoms with Crippen molar-refractivity contribution in [3.63, 3.8) is 0 Å². The highest BCUT2D eigenvalue weighted by atomic mass is 16.2. The Morgan fingerprint density at radius 3 is 1.91 bits per heavy atom. The third-order valence-corrected chi connectivity index (χ3v) is 6.95. The molecule has 1 N–H and O–H groups in total. The number of carbonyl (C=O) groups is 4. The van der Waals surface area contributed by atoms with Gasteiger partial charge in [0.15, 0.2) is 5.78 Å². The van der Waals surface area contributed by atoms with Crippen molar-refractivity contribution < 1.29 is 19.2 Å². The molecule has 8 heteroatoms. The van der Waals surface area contributed by atoms with Crippen molar-refractivity contribution in [2.75, 3.05) is 10.2 Å². The molecule has 0 radical (unpaired) electrons. The molecule has 0 spiro atoms. The molecule has 5 aromatic rings. The van der Waals surface area contributed by atoms with E-state index >= 15 is 0 Å². The largest absolute Gasteiger partial charge is 0.322 e. The first-order valence-electron chi connectivity index (χ1n) is 13.7. The lowest BCUT2D eigenvalue weighted by Gasteiger charge is -2.13. The van der Waals surface area contributed by atoms with E-state index in [1.165, 1.54) is 24.3 Å². The third-order valence-electron chi connectivity index (χ3n) is 6.95. The molecule has 8 nitrogen and oxygen atoms in total. The van der Waals surface area contributed by atoms with Crippen molar-refractivity contribution in [3.8, 4) is 0 Å². The van der Waals surface area contributed by atoms with Crippen LogP contribution in [0, 0.1) is 0 Å². The van der Waals surface area contributed by atoms with E-state index in [0.29, 0.717) is 28.3 Å². The van der Waals surface area contributed by atoms with Gasteiger partial charge < -0.3 is 5.32 Å². The van der Waals surface area contributed by atoms with E-state index in [1.54, 1.807) is 66.7 Å². The lowest BCUT2D eigenvalue weighted by molar-refractivity contribution is 0.0924. The number of hydrogen-bond donors (Lipinski definition) is 1. The van der Waals surface area contributed by atoms with E-state index in [-0.39, 0.29) is 22.5 Å². The maximum atomic E-state index is 13.3. The Morgan fingerprint density at radius 2 is 1.23 bits per heavy atom. The quantitative estimate of drug-likeness (QED) is 0.0872. The molecule has 0 saturated heterocycles. The highest BCUT2D eigenvalue weighted by Gasteiger charge is 2.37. The monoisotopic (exact) mass is 576 g/mol. The molecule has 44 heavy (non-hydrogen) atoms. The highest BCUT2D eigenvalue weighted by Crippen LogP contribution is 2.31. The zero-order chi connectivity index (χ0) is 30.5. The number of amides is 3. The highest BCUT2D eigenvalue weighted by molar-refractivity contribution is 6.34. The second kappa shape index (κ2) is 12.3. The van der Waals surface area contributed by atoms with Gasteiger partial charge in [-0.1, -0.05) is 66.7 Å². The number of nitrogens with one attached hydrogen (secondary N) is 1. The fourth-order valence-corrected chi connectivity index (χ4v) is 4.65. The third kappa shape index (κ3) is 6.00. The van der Waals surface area contributed by atoms with Crippen LogP contribution in [-0.4, -0.2) is 23.5 Å². The fourth-order valence-electron chi connectivity index (χ4n) is 4.65. The molecule has 212 valence electrons. The lowest BCUT2D eigenvalue weighted by Crippen LogP contribution is -2.29.